The molecular weight excluding hydrogens is 380 g/mol. The second-order valence-corrected chi connectivity index (χ2v) is 8.99. The molecule has 0 atom stereocenters. The van der Waals surface area contributed by atoms with Crippen LogP contribution >= 0.6 is 11.3 Å². The molecule has 1 aliphatic rings. The molecule has 29 heavy (non-hydrogen) atoms. The van der Waals surface area contributed by atoms with E-state index in [0.29, 0.717) is 12.5 Å². The fourth-order valence-corrected chi connectivity index (χ4v) is 4.75. The van der Waals surface area contributed by atoms with Gasteiger partial charge in [0.2, 0.25) is 5.91 Å². The summed E-state index contributed by atoms with van der Waals surface area (Å²) in [6, 6.07) is 15.1. The third-order valence-corrected chi connectivity index (χ3v) is 6.41. The number of pyridine rings is 1. The highest BCUT2D eigenvalue weighted by Gasteiger charge is 2.23. The second-order valence-electron chi connectivity index (χ2n) is 7.95. The number of nitrogens with one attached hydrogen (secondary N) is 2. The number of thiophene rings is 1. The Morgan fingerprint density at radius 2 is 1.86 bits per heavy atom. The number of anilines is 2. The molecule has 152 valence electrons. The third-order valence-electron chi connectivity index (χ3n) is 5.54. The topological polar surface area (TPSA) is 57.3 Å². The van der Waals surface area contributed by atoms with Crippen LogP contribution in [0.15, 0.2) is 47.8 Å². The lowest BCUT2D eigenvalue weighted by molar-refractivity contribution is -0.121. The monoisotopic (exact) mass is 408 g/mol. The van der Waals surface area contributed by atoms with E-state index in [9.17, 15) is 4.79 Å². The van der Waals surface area contributed by atoms with Gasteiger partial charge in [0.05, 0.1) is 11.9 Å². The first kappa shape index (κ1) is 19.7. The van der Waals surface area contributed by atoms with Gasteiger partial charge in [0.15, 0.2) is 0 Å². The van der Waals surface area contributed by atoms with Crippen molar-refractivity contribution in [3.05, 3.63) is 52.7 Å². The van der Waals surface area contributed by atoms with Crippen LogP contribution in [0.4, 0.5) is 11.5 Å². The van der Waals surface area contributed by atoms with Crippen molar-refractivity contribution >= 4 is 39.7 Å². The first-order valence-corrected chi connectivity index (χ1v) is 11.1. The minimum atomic E-state index is 0.135. The molecule has 4 rings (SSSR count). The Kier molecular flexibility index (Phi) is 6.00. The van der Waals surface area contributed by atoms with E-state index in [1.165, 1.54) is 11.1 Å². The molecule has 1 aliphatic carbocycles. The normalized spacial score (nSPS) is 19.1. The summed E-state index contributed by atoms with van der Waals surface area (Å²) in [5.41, 5.74) is 2.18. The number of benzene rings is 1. The van der Waals surface area contributed by atoms with E-state index in [2.05, 4.69) is 53.9 Å². The standard InChI is InChI=1S/C23H28N4OS/c1-27(2)21-15-22(26-20-8-4-3-7-19(20)21)24-16-9-11-17(12-10-16)25-23(28)14-18-6-5-13-29-18/h3-8,13,15-17H,9-12,14H2,1-2H3,(H,24,26)(H,25,28)/t16-,17+. The molecule has 2 aromatic heterocycles. The number of amides is 1. The van der Waals surface area contributed by atoms with Crippen molar-refractivity contribution in [2.45, 2.75) is 44.2 Å². The number of nitrogens with zero attached hydrogens (tertiary/aromatic N) is 2. The zero-order valence-electron chi connectivity index (χ0n) is 17.0. The highest BCUT2D eigenvalue weighted by atomic mass is 32.1. The molecule has 0 saturated heterocycles. The van der Waals surface area contributed by atoms with Gasteiger partial charge < -0.3 is 15.5 Å². The molecule has 1 amide bonds. The van der Waals surface area contributed by atoms with Crippen molar-refractivity contribution in [1.82, 2.24) is 10.3 Å². The van der Waals surface area contributed by atoms with Crippen LogP contribution in [0.3, 0.4) is 0 Å². The van der Waals surface area contributed by atoms with Crippen LogP contribution in [0.2, 0.25) is 0 Å². The van der Waals surface area contributed by atoms with Gasteiger partial charge in [-0.1, -0.05) is 24.3 Å². The van der Waals surface area contributed by atoms with Crippen molar-refractivity contribution in [1.29, 1.82) is 0 Å². The van der Waals surface area contributed by atoms with Crippen molar-refractivity contribution in [3.8, 4) is 0 Å². The Hall–Kier alpha value is -2.60. The van der Waals surface area contributed by atoms with E-state index in [1.54, 1.807) is 11.3 Å². The predicted octanol–water partition coefficient (Wildman–Crippen LogP) is 4.44. The number of aromatic nitrogens is 1. The molecule has 1 saturated carbocycles. The van der Waals surface area contributed by atoms with E-state index >= 15 is 0 Å². The average Bonchev–Trinajstić information content (AvgIpc) is 3.21. The zero-order chi connectivity index (χ0) is 20.2. The molecule has 6 heteroatoms. The lowest BCUT2D eigenvalue weighted by Gasteiger charge is -2.30. The smallest absolute Gasteiger partial charge is 0.225 e. The minimum Gasteiger partial charge on any atom is -0.377 e. The SMILES string of the molecule is CN(C)c1cc(N[C@H]2CC[C@@H](NC(=O)Cc3cccs3)CC2)nc2ccccc12. The highest BCUT2D eigenvalue weighted by Crippen LogP contribution is 2.29. The number of rotatable bonds is 6. The molecule has 2 heterocycles. The Morgan fingerprint density at radius 3 is 2.59 bits per heavy atom. The van der Waals surface area contributed by atoms with E-state index in [-0.39, 0.29) is 11.9 Å². The Balaban J connectivity index is 1.34. The van der Waals surface area contributed by atoms with Crippen LogP contribution in [-0.4, -0.2) is 37.1 Å². The van der Waals surface area contributed by atoms with E-state index in [1.807, 2.05) is 23.6 Å². The molecular formula is C23H28N4OS. The third kappa shape index (κ3) is 4.88. The van der Waals surface area contributed by atoms with E-state index in [0.717, 1.165) is 41.9 Å². The van der Waals surface area contributed by atoms with Crippen molar-refractivity contribution in [3.63, 3.8) is 0 Å². The van der Waals surface area contributed by atoms with E-state index in [4.69, 9.17) is 4.98 Å². The Morgan fingerprint density at radius 1 is 1.10 bits per heavy atom. The van der Waals surface area contributed by atoms with Crippen molar-refractivity contribution < 1.29 is 4.79 Å². The average molecular weight is 409 g/mol. The molecule has 2 N–H and O–H groups in total. The molecule has 0 bridgehead atoms. The summed E-state index contributed by atoms with van der Waals surface area (Å²) in [6.45, 7) is 0. The molecule has 0 spiro atoms. The number of fused-ring (bicyclic) bond motifs is 1. The van der Waals surface area contributed by atoms with Crippen LogP contribution in [0, 0.1) is 0 Å². The Bertz CT molecular complexity index is 962. The van der Waals surface area contributed by atoms with Crippen LogP contribution in [0.1, 0.15) is 30.6 Å². The maximum atomic E-state index is 12.2. The summed E-state index contributed by atoms with van der Waals surface area (Å²) in [6.07, 6.45) is 4.57. The molecule has 0 unspecified atom stereocenters. The second kappa shape index (κ2) is 8.82. The summed E-state index contributed by atoms with van der Waals surface area (Å²) in [4.78, 5) is 20.3. The van der Waals surface area contributed by atoms with Gasteiger partial charge in [-0.15, -0.1) is 11.3 Å². The fourth-order valence-electron chi connectivity index (χ4n) is 4.04. The minimum absolute atomic E-state index is 0.135. The lowest BCUT2D eigenvalue weighted by atomic mass is 9.91. The van der Waals surface area contributed by atoms with Gasteiger partial charge in [-0.3, -0.25) is 4.79 Å². The van der Waals surface area contributed by atoms with Crippen molar-refractivity contribution in [2.75, 3.05) is 24.3 Å². The molecule has 1 fully saturated rings. The number of carbonyl (C=O) groups is 1. The molecule has 0 aliphatic heterocycles. The quantitative estimate of drug-likeness (QED) is 0.633. The molecule has 0 radical (unpaired) electrons. The van der Waals surface area contributed by atoms with Crippen molar-refractivity contribution in [2.24, 2.45) is 0 Å². The predicted molar refractivity (Wildman–Crippen MR) is 122 cm³/mol. The first-order chi connectivity index (χ1) is 14.1. The summed E-state index contributed by atoms with van der Waals surface area (Å²) in [5.74, 6) is 1.06. The van der Waals surface area contributed by atoms with Crippen LogP contribution < -0.4 is 15.5 Å². The molecule has 5 nitrogen and oxygen atoms in total. The summed E-state index contributed by atoms with van der Waals surface area (Å²) in [7, 11) is 4.13. The van der Waals surface area contributed by atoms with Gasteiger partial charge >= 0.3 is 0 Å². The first-order valence-electron chi connectivity index (χ1n) is 10.2. The van der Waals surface area contributed by atoms with Gasteiger partial charge in [0.25, 0.3) is 0 Å². The summed E-state index contributed by atoms with van der Waals surface area (Å²) < 4.78 is 0. The van der Waals surface area contributed by atoms with Gasteiger partial charge in [0.1, 0.15) is 5.82 Å². The fraction of sp³-hybridized carbons (Fsp3) is 0.391. The maximum absolute atomic E-state index is 12.2. The molecule has 3 aromatic rings. The summed E-state index contributed by atoms with van der Waals surface area (Å²) in [5, 5.41) is 10.0. The largest absolute Gasteiger partial charge is 0.377 e. The maximum Gasteiger partial charge on any atom is 0.225 e. The van der Waals surface area contributed by atoms with Crippen LogP contribution in [0.25, 0.3) is 10.9 Å². The highest BCUT2D eigenvalue weighted by molar-refractivity contribution is 7.10. The molecule has 1 aromatic carbocycles. The summed E-state index contributed by atoms with van der Waals surface area (Å²) >= 11 is 1.64. The Labute approximate surface area is 176 Å². The van der Waals surface area contributed by atoms with Gasteiger partial charge in [-0.05, 0) is 43.2 Å². The zero-order valence-corrected chi connectivity index (χ0v) is 17.8. The van der Waals surface area contributed by atoms with Gasteiger partial charge in [-0.2, -0.15) is 0 Å². The van der Waals surface area contributed by atoms with Gasteiger partial charge in [-0.25, -0.2) is 4.98 Å². The number of hydrogen-bond donors (Lipinski definition) is 2. The van der Waals surface area contributed by atoms with Crippen LogP contribution in [0.5, 0.6) is 0 Å². The lowest BCUT2D eigenvalue weighted by Crippen LogP contribution is -2.40. The van der Waals surface area contributed by atoms with E-state index < -0.39 is 0 Å². The van der Waals surface area contributed by atoms with Gasteiger partial charge in [0, 0.05) is 48.2 Å². The number of hydrogen-bond acceptors (Lipinski definition) is 5. The number of para-hydroxylation sites is 1. The number of carbonyl (C=O) groups excluding carboxylic acids is 1. The van der Waals surface area contributed by atoms with Crippen LogP contribution in [-0.2, 0) is 11.2 Å².